The minimum atomic E-state index is -0.210. The van der Waals surface area contributed by atoms with Gasteiger partial charge in [0.05, 0.1) is 22.1 Å². The fourth-order valence-corrected chi connectivity index (χ4v) is 9.59. The number of nitrogens with zero attached hydrogens (tertiary/aromatic N) is 2. The average Bonchev–Trinajstić information content (AvgIpc) is 3.77. The van der Waals surface area contributed by atoms with Gasteiger partial charge in [-0.25, -0.2) is 4.52 Å². The molecule has 1 N–H and O–H groups in total. The number of aromatic nitrogens is 3. The van der Waals surface area contributed by atoms with Crippen molar-refractivity contribution in [1.82, 2.24) is 14.6 Å². The third-order valence-corrected chi connectivity index (χ3v) is 11.7. The molecule has 0 amide bonds. The Morgan fingerprint density at radius 1 is 0.442 bits per heavy atom. The highest BCUT2D eigenvalue weighted by atomic mass is 16.1. The predicted octanol–water partition coefficient (Wildman–Crippen LogP) is 8.85. The van der Waals surface area contributed by atoms with Crippen molar-refractivity contribution >= 4 is 115 Å². The fraction of sp³-hybridized carbons (Fsp3) is 0. The third kappa shape index (κ3) is 2.78. The molecule has 0 radical (unpaired) electrons. The molecule has 0 bridgehead atoms. The average molecular weight is 666 g/mol. The topological polar surface area (TPSA) is 101 Å². The van der Waals surface area contributed by atoms with E-state index < -0.39 is 0 Å². The maximum absolute atomic E-state index is 14.9. The summed E-state index contributed by atoms with van der Waals surface area (Å²) in [6.45, 7) is 0. The molecular formula is C45H19N3O4. The first kappa shape index (κ1) is 26.6. The molecule has 0 fully saturated rings. The summed E-state index contributed by atoms with van der Waals surface area (Å²) >= 11 is 0. The summed E-state index contributed by atoms with van der Waals surface area (Å²) in [5.74, 6) is -0.395. The van der Waals surface area contributed by atoms with Gasteiger partial charge in [0.15, 0.2) is 22.4 Å². The second-order valence-electron chi connectivity index (χ2n) is 14.0. The second-order valence-corrected chi connectivity index (χ2v) is 14.0. The molecular weight excluding hydrogens is 647 g/mol. The molecule has 3 heterocycles. The summed E-state index contributed by atoms with van der Waals surface area (Å²) < 4.78 is 1.96. The zero-order valence-corrected chi connectivity index (χ0v) is 26.9. The van der Waals surface area contributed by atoms with Crippen LogP contribution in [0.2, 0.25) is 0 Å². The van der Waals surface area contributed by atoms with E-state index in [0.717, 1.165) is 75.9 Å². The molecule has 1 aliphatic carbocycles. The summed E-state index contributed by atoms with van der Waals surface area (Å²) in [6.07, 6.45) is 0. The normalized spacial score (nSPS) is 13.6. The molecule has 238 valence electrons. The standard InChI is InChI=1S/C45H19N3O4/c49-42-24-6-2-1-5-22(24)40-37-29(42)13-10-23-21-9-12-28-33-19(16-18-32(35(21)33)48(47-40)41(23)37)20-15-17-31-34(36(20)45(28)52)27-11-14-30-38(39(27)46-31)44(51)26-8-4-3-7-25(26)43(30)50/h1-18,46H. The lowest BCUT2D eigenvalue weighted by molar-refractivity contribution is 0.0980. The van der Waals surface area contributed by atoms with Crippen LogP contribution in [0, 0.1) is 0 Å². The number of hydrogen-bond donors (Lipinski definition) is 1. The highest BCUT2D eigenvalue weighted by Gasteiger charge is 2.32. The zero-order valence-electron chi connectivity index (χ0n) is 26.9. The molecule has 52 heavy (non-hydrogen) atoms. The molecule has 9 aromatic carbocycles. The minimum Gasteiger partial charge on any atom is -0.354 e. The number of ketones is 2. The van der Waals surface area contributed by atoms with Crippen LogP contribution in [-0.4, -0.2) is 26.2 Å². The largest absolute Gasteiger partial charge is 0.354 e. The molecule has 0 spiro atoms. The van der Waals surface area contributed by atoms with Crippen LogP contribution in [0.25, 0.3) is 103 Å². The molecule has 7 heteroatoms. The summed E-state index contributed by atoms with van der Waals surface area (Å²) in [6, 6.07) is 34.1. The quantitative estimate of drug-likeness (QED) is 0.129. The number of fused-ring (bicyclic) bond motifs is 13. The molecule has 13 rings (SSSR count). The van der Waals surface area contributed by atoms with Crippen molar-refractivity contribution in [3.63, 3.8) is 0 Å². The molecule has 0 unspecified atom stereocenters. The van der Waals surface area contributed by atoms with Crippen molar-refractivity contribution in [3.8, 4) is 0 Å². The van der Waals surface area contributed by atoms with Gasteiger partial charge in [-0.15, -0.1) is 0 Å². The number of pyridine rings is 1. The van der Waals surface area contributed by atoms with Gasteiger partial charge in [-0.3, -0.25) is 19.2 Å². The van der Waals surface area contributed by atoms with Crippen LogP contribution in [0.5, 0.6) is 0 Å². The van der Waals surface area contributed by atoms with E-state index in [1.807, 2.05) is 71.2 Å². The number of hydrogen-bond acceptors (Lipinski definition) is 5. The summed E-state index contributed by atoms with van der Waals surface area (Å²) in [7, 11) is 0. The Kier molecular flexibility index (Phi) is 4.37. The zero-order chi connectivity index (χ0) is 34.3. The van der Waals surface area contributed by atoms with E-state index in [4.69, 9.17) is 5.10 Å². The molecule has 0 saturated carbocycles. The Morgan fingerprint density at radius 2 is 1.08 bits per heavy atom. The molecule has 1 aliphatic rings. The maximum atomic E-state index is 14.9. The van der Waals surface area contributed by atoms with Crippen LogP contribution in [0.15, 0.2) is 119 Å². The third-order valence-electron chi connectivity index (χ3n) is 11.7. The van der Waals surface area contributed by atoms with Gasteiger partial charge in [-0.2, -0.15) is 5.10 Å². The SMILES string of the molecule is O=C1c2ccccc2C(=O)c2c1ccc1c2[nH]c2ccc3c4ccc5c6c(ccc(c(=O)c3c21)c46)c1ccc2c(=O)c3ccccc3c3nn5c1c23. The smallest absolute Gasteiger partial charge is 0.196 e. The Hall–Kier alpha value is -7.25. The van der Waals surface area contributed by atoms with Crippen LogP contribution in [0.3, 0.4) is 0 Å². The minimum absolute atomic E-state index is 0.00247. The highest BCUT2D eigenvalue weighted by Crippen LogP contribution is 2.45. The molecule has 0 aliphatic heterocycles. The maximum Gasteiger partial charge on any atom is 0.196 e. The van der Waals surface area contributed by atoms with Crippen molar-refractivity contribution in [2.24, 2.45) is 0 Å². The fourth-order valence-electron chi connectivity index (χ4n) is 9.59. The Bertz CT molecular complexity index is 3840. The van der Waals surface area contributed by atoms with E-state index in [-0.39, 0.29) is 22.4 Å². The van der Waals surface area contributed by atoms with Gasteiger partial charge >= 0.3 is 0 Å². The van der Waals surface area contributed by atoms with Crippen LogP contribution in [0.4, 0.5) is 0 Å². The first-order valence-electron chi connectivity index (χ1n) is 17.1. The lowest BCUT2D eigenvalue weighted by atomic mass is 9.83. The molecule has 0 atom stereocenters. The van der Waals surface area contributed by atoms with E-state index in [1.165, 1.54) is 0 Å². The van der Waals surface area contributed by atoms with Crippen molar-refractivity contribution in [2.75, 3.05) is 0 Å². The van der Waals surface area contributed by atoms with Gasteiger partial charge in [0.25, 0.3) is 0 Å². The predicted molar refractivity (Wildman–Crippen MR) is 207 cm³/mol. The van der Waals surface area contributed by atoms with Crippen molar-refractivity contribution in [1.29, 1.82) is 0 Å². The van der Waals surface area contributed by atoms with Gasteiger partial charge in [0, 0.05) is 81.5 Å². The number of benzene rings is 9. The highest BCUT2D eigenvalue weighted by molar-refractivity contribution is 6.38. The van der Waals surface area contributed by atoms with E-state index in [9.17, 15) is 19.2 Å². The molecule has 7 nitrogen and oxygen atoms in total. The first-order valence-corrected chi connectivity index (χ1v) is 17.1. The van der Waals surface area contributed by atoms with E-state index in [0.29, 0.717) is 49.3 Å². The van der Waals surface area contributed by atoms with Crippen molar-refractivity contribution in [2.45, 2.75) is 0 Å². The van der Waals surface area contributed by atoms with Crippen LogP contribution >= 0.6 is 0 Å². The van der Waals surface area contributed by atoms with E-state index in [1.54, 1.807) is 30.3 Å². The molecule has 3 aromatic heterocycles. The lowest BCUT2D eigenvalue weighted by Crippen LogP contribution is -2.21. The molecule has 12 aromatic rings. The monoisotopic (exact) mass is 665 g/mol. The summed E-state index contributed by atoms with van der Waals surface area (Å²) in [5.41, 5.74) is 5.21. The number of nitrogens with one attached hydrogen (secondary N) is 1. The number of rotatable bonds is 0. The Labute approximate surface area is 289 Å². The van der Waals surface area contributed by atoms with Gasteiger partial charge in [-0.1, -0.05) is 78.9 Å². The number of aromatic amines is 1. The van der Waals surface area contributed by atoms with Gasteiger partial charge in [0.1, 0.15) is 5.52 Å². The van der Waals surface area contributed by atoms with Gasteiger partial charge < -0.3 is 4.98 Å². The number of H-pyrrole nitrogens is 1. The molecule has 0 saturated heterocycles. The number of carbonyl (C=O) groups excluding carboxylic acids is 2. The summed E-state index contributed by atoms with van der Waals surface area (Å²) in [4.78, 5) is 59.4. The van der Waals surface area contributed by atoms with E-state index in [2.05, 4.69) is 17.1 Å². The lowest BCUT2D eigenvalue weighted by Gasteiger charge is -2.17. The van der Waals surface area contributed by atoms with Gasteiger partial charge in [0.2, 0.25) is 0 Å². The second kappa shape index (κ2) is 8.54. The van der Waals surface area contributed by atoms with Crippen LogP contribution in [0.1, 0.15) is 31.8 Å². The van der Waals surface area contributed by atoms with Crippen molar-refractivity contribution < 1.29 is 9.59 Å². The number of carbonyl (C=O) groups is 2. The van der Waals surface area contributed by atoms with Gasteiger partial charge in [-0.05, 0) is 46.5 Å². The van der Waals surface area contributed by atoms with Crippen LogP contribution in [-0.2, 0) is 0 Å². The van der Waals surface area contributed by atoms with Crippen LogP contribution < -0.4 is 10.9 Å². The summed E-state index contributed by atoms with van der Waals surface area (Å²) in [5, 5.41) is 16.3. The van der Waals surface area contributed by atoms with E-state index >= 15 is 0 Å². The first-order chi connectivity index (χ1) is 25.5. The van der Waals surface area contributed by atoms with Crippen molar-refractivity contribution in [3.05, 3.63) is 152 Å². The Balaban J connectivity index is 1.18. The Morgan fingerprint density at radius 3 is 1.92 bits per heavy atom.